The summed E-state index contributed by atoms with van der Waals surface area (Å²) >= 11 is 0. The van der Waals surface area contributed by atoms with E-state index in [-0.39, 0.29) is 11.8 Å². The molecule has 0 spiro atoms. The van der Waals surface area contributed by atoms with Crippen molar-refractivity contribution in [2.24, 2.45) is 17.8 Å². The van der Waals surface area contributed by atoms with Crippen LogP contribution >= 0.6 is 0 Å². The molecule has 2 unspecified atom stereocenters. The first-order valence-corrected chi connectivity index (χ1v) is 6.79. The van der Waals surface area contributed by atoms with Crippen molar-refractivity contribution < 1.29 is 9.59 Å². The minimum Gasteiger partial charge on any atom is -0.299 e. The second kappa shape index (κ2) is 5.11. The van der Waals surface area contributed by atoms with E-state index in [2.05, 4.69) is 6.92 Å². The van der Waals surface area contributed by atoms with E-state index in [4.69, 9.17) is 0 Å². The van der Waals surface area contributed by atoms with Gasteiger partial charge in [0, 0.05) is 24.7 Å². The molecule has 0 aliphatic heterocycles. The molecule has 0 amide bonds. The van der Waals surface area contributed by atoms with E-state index in [1.807, 2.05) is 0 Å². The Balaban J connectivity index is 2.09. The molecule has 90 valence electrons. The van der Waals surface area contributed by atoms with Gasteiger partial charge in [0.25, 0.3) is 0 Å². The van der Waals surface area contributed by atoms with Gasteiger partial charge in [0.15, 0.2) is 0 Å². The first-order valence-electron chi connectivity index (χ1n) is 6.79. The van der Waals surface area contributed by atoms with Crippen LogP contribution in [0.4, 0.5) is 0 Å². The summed E-state index contributed by atoms with van der Waals surface area (Å²) in [4.78, 5) is 23.7. The largest absolute Gasteiger partial charge is 0.299 e. The lowest BCUT2D eigenvalue weighted by Crippen LogP contribution is -2.28. The Bertz CT molecular complexity index is 256. The quantitative estimate of drug-likeness (QED) is 0.732. The van der Waals surface area contributed by atoms with Gasteiger partial charge in [-0.3, -0.25) is 9.59 Å². The van der Waals surface area contributed by atoms with Gasteiger partial charge in [0.05, 0.1) is 0 Å². The van der Waals surface area contributed by atoms with Crippen LogP contribution in [0.2, 0.25) is 0 Å². The second-order valence-electron chi connectivity index (χ2n) is 5.38. The number of rotatable bonds is 4. The van der Waals surface area contributed by atoms with Crippen LogP contribution in [-0.4, -0.2) is 11.6 Å². The van der Waals surface area contributed by atoms with Crippen LogP contribution in [0.1, 0.15) is 58.3 Å². The van der Waals surface area contributed by atoms with Gasteiger partial charge >= 0.3 is 0 Å². The van der Waals surface area contributed by atoms with Gasteiger partial charge < -0.3 is 0 Å². The molecular weight excluding hydrogens is 200 g/mol. The maximum absolute atomic E-state index is 11.8. The molecule has 0 heterocycles. The van der Waals surface area contributed by atoms with Crippen LogP contribution in [0.15, 0.2) is 0 Å². The van der Waals surface area contributed by atoms with Gasteiger partial charge in [-0.1, -0.05) is 13.3 Å². The highest BCUT2D eigenvalue weighted by Crippen LogP contribution is 2.40. The Labute approximate surface area is 97.8 Å². The lowest BCUT2D eigenvalue weighted by atomic mass is 9.76. The number of carbonyl (C=O) groups excluding carboxylic acids is 2. The van der Waals surface area contributed by atoms with Gasteiger partial charge in [0.2, 0.25) is 0 Å². The molecule has 0 aromatic rings. The fourth-order valence-electron chi connectivity index (χ4n) is 3.61. The van der Waals surface area contributed by atoms with Gasteiger partial charge in [-0.15, -0.1) is 0 Å². The maximum Gasteiger partial charge on any atom is 0.136 e. The van der Waals surface area contributed by atoms with Gasteiger partial charge in [-0.2, -0.15) is 0 Å². The van der Waals surface area contributed by atoms with Crippen molar-refractivity contribution in [1.82, 2.24) is 0 Å². The van der Waals surface area contributed by atoms with E-state index in [0.29, 0.717) is 17.5 Å². The van der Waals surface area contributed by atoms with Crippen molar-refractivity contribution in [3.8, 4) is 0 Å². The van der Waals surface area contributed by atoms with E-state index in [0.717, 1.165) is 51.4 Å². The SMILES string of the molecule is CCCC(C1CCCC1=O)C1CCCC1=O. The lowest BCUT2D eigenvalue weighted by Gasteiger charge is -2.26. The highest BCUT2D eigenvalue weighted by molar-refractivity contribution is 5.86. The first-order chi connectivity index (χ1) is 7.74. The van der Waals surface area contributed by atoms with Crippen molar-refractivity contribution in [2.75, 3.05) is 0 Å². The third-order valence-electron chi connectivity index (χ3n) is 4.36. The minimum absolute atomic E-state index is 0.215. The molecule has 2 atom stereocenters. The molecule has 0 radical (unpaired) electrons. The molecule has 2 rings (SSSR count). The predicted octanol–water partition coefficient (Wildman–Crippen LogP) is 3.14. The average Bonchev–Trinajstić information content (AvgIpc) is 2.84. The molecule has 0 saturated heterocycles. The summed E-state index contributed by atoms with van der Waals surface area (Å²) in [6.07, 6.45) is 7.83. The molecule has 2 aliphatic carbocycles. The van der Waals surface area contributed by atoms with Crippen LogP contribution in [0, 0.1) is 17.8 Å². The van der Waals surface area contributed by atoms with Gasteiger partial charge in [0.1, 0.15) is 11.6 Å². The Hall–Kier alpha value is -0.660. The molecule has 2 aliphatic rings. The Morgan fingerprint density at radius 3 is 1.88 bits per heavy atom. The molecule has 2 heteroatoms. The third kappa shape index (κ3) is 2.21. The molecule has 0 aromatic heterocycles. The van der Waals surface area contributed by atoms with E-state index >= 15 is 0 Å². The monoisotopic (exact) mass is 222 g/mol. The third-order valence-corrected chi connectivity index (χ3v) is 4.36. The summed E-state index contributed by atoms with van der Waals surface area (Å²) in [7, 11) is 0. The van der Waals surface area contributed by atoms with Crippen LogP contribution in [0.25, 0.3) is 0 Å². The normalized spacial score (nSPS) is 32.3. The fraction of sp³-hybridized carbons (Fsp3) is 0.857. The Morgan fingerprint density at radius 2 is 1.56 bits per heavy atom. The predicted molar refractivity (Wildman–Crippen MR) is 63.1 cm³/mol. The number of hydrogen-bond donors (Lipinski definition) is 0. The summed E-state index contributed by atoms with van der Waals surface area (Å²) in [5.74, 6) is 1.66. The van der Waals surface area contributed by atoms with Crippen molar-refractivity contribution in [3.05, 3.63) is 0 Å². The van der Waals surface area contributed by atoms with Crippen LogP contribution < -0.4 is 0 Å². The summed E-state index contributed by atoms with van der Waals surface area (Å²) in [6, 6.07) is 0. The summed E-state index contributed by atoms with van der Waals surface area (Å²) in [6.45, 7) is 2.16. The number of Topliss-reactive ketones (excluding diaryl/α,β-unsaturated/α-hetero) is 2. The van der Waals surface area contributed by atoms with Crippen molar-refractivity contribution in [2.45, 2.75) is 58.3 Å². The first kappa shape index (κ1) is 11.8. The molecule has 2 nitrogen and oxygen atoms in total. The Morgan fingerprint density at radius 1 is 1.06 bits per heavy atom. The van der Waals surface area contributed by atoms with E-state index in [1.54, 1.807) is 0 Å². The van der Waals surface area contributed by atoms with Crippen molar-refractivity contribution >= 4 is 11.6 Å². The van der Waals surface area contributed by atoms with Crippen molar-refractivity contribution in [1.29, 1.82) is 0 Å². The minimum atomic E-state index is 0.215. The summed E-state index contributed by atoms with van der Waals surface area (Å²) in [5.41, 5.74) is 0. The van der Waals surface area contributed by atoms with Crippen LogP contribution in [-0.2, 0) is 9.59 Å². The molecule has 0 bridgehead atoms. The molecule has 2 fully saturated rings. The van der Waals surface area contributed by atoms with E-state index < -0.39 is 0 Å². The zero-order chi connectivity index (χ0) is 11.5. The number of carbonyl (C=O) groups is 2. The average molecular weight is 222 g/mol. The standard InChI is InChI=1S/C14H22O2/c1-2-5-10(11-6-3-8-13(11)15)12-7-4-9-14(12)16/h10-12H,2-9H2,1H3. The van der Waals surface area contributed by atoms with Gasteiger partial charge in [-0.05, 0) is 38.0 Å². The fourth-order valence-corrected chi connectivity index (χ4v) is 3.61. The molecular formula is C14H22O2. The zero-order valence-corrected chi connectivity index (χ0v) is 10.2. The topological polar surface area (TPSA) is 34.1 Å². The van der Waals surface area contributed by atoms with Crippen LogP contribution in [0.3, 0.4) is 0 Å². The molecule has 0 aromatic carbocycles. The lowest BCUT2D eigenvalue weighted by molar-refractivity contribution is -0.126. The summed E-state index contributed by atoms with van der Waals surface area (Å²) in [5, 5.41) is 0. The molecule has 0 N–H and O–H groups in total. The van der Waals surface area contributed by atoms with Crippen molar-refractivity contribution in [3.63, 3.8) is 0 Å². The molecule has 2 saturated carbocycles. The Kier molecular flexibility index (Phi) is 3.78. The highest BCUT2D eigenvalue weighted by atomic mass is 16.1. The number of hydrogen-bond acceptors (Lipinski definition) is 2. The van der Waals surface area contributed by atoms with E-state index in [9.17, 15) is 9.59 Å². The summed E-state index contributed by atoms with van der Waals surface area (Å²) < 4.78 is 0. The maximum atomic E-state index is 11.8. The van der Waals surface area contributed by atoms with Crippen LogP contribution in [0.5, 0.6) is 0 Å². The van der Waals surface area contributed by atoms with Gasteiger partial charge in [-0.25, -0.2) is 0 Å². The van der Waals surface area contributed by atoms with E-state index in [1.165, 1.54) is 0 Å². The number of ketones is 2. The second-order valence-corrected chi connectivity index (χ2v) is 5.38. The highest BCUT2D eigenvalue weighted by Gasteiger charge is 2.40. The molecule has 16 heavy (non-hydrogen) atoms. The smallest absolute Gasteiger partial charge is 0.136 e. The zero-order valence-electron chi connectivity index (χ0n) is 10.2.